The molecule has 1 atom stereocenters. The number of nitrogens with zero attached hydrogens (tertiary/aromatic N) is 1. The minimum atomic E-state index is 0.516. The first-order valence-electron chi connectivity index (χ1n) is 6.61. The fraction of sp³-hybridized carbons (Fsp3) is 0.400. The molecule has 2 rings (SSSR count). The van der Waals surface area contributed by atoms with Gasteiger partial charge in [-0.05, 0) is 30.9 Å². The number of nitrogens with one attached hydrogen (secondary N) is 1. The van der Waals surface area contributed by atoms with Gasteiger partial charge in [-0.3, -0.25) is 0 Å². The monoisotopic (exact) mass is 324 g/mol. The second-order valence-electron chi connectivity index (χ2n) is 4.57. The number of hydrogen-bond donors (Lipinski definition) is 1. The first-order chi connectivity index (χ1) is 9.83. The number of benzene rings is 1. The van der Waals surface area contributed by atoms with Gasteiger partial charge in [-0.1, -0.05) is 45.9 Å². The topological polar surface area (TPSA) is 24.9 Å². The molecule has 0 fully saturated rings. The normalized spacial score (nSPS) is 12.5. The summed E-state index contributed by atoms with van der Waals surface area (Å²) in [6.45, 7) is 0.929. The van der Waals surface area contributed by atoms with Gasteiger partial charge in [-0.15, -0.1) is 11.3 Å². The zero-order valence-electron chi connectivity index (χ0n) is 11.8. The molecule has 1 unspecified atom stereocenters. The van der Waals surface area contributed by atoms with Crippen molar-refractivity contribution in [1.29, 1.82) is 0 Å². The van der Waals surface area contributed by atoms with E-state index in [4.69, 9.17) is 0 Å². The highest BCUT2D eigenvalue weighted by atomic mass is 33.1. The molecule has 0 radical (unpaired) electrons. The van der Waals surface area contributed by atoms with Crippen LogP contribution in [-0.2, 0) is 13.0 Å². The van der Waals surface area contributed by atoms with Gasteiger partial charge >= 0.3 is 0 Å². The summed E-state index contributed by atoms with van der Waals surface area (Å²) < 4.78 is 0. The Hall–Kier alpha value is -0.490. The van der Waals surface area contributed by atoms with E-state index in [0.717, 1.165) is 18.7 Å². The fourth-order valence-corrected chi connectivity index (χ4v) is 4.41. The lowest BCUT2D eigenvalue weighted by atomic mass is 10.0. The third kappa shape index (κ3) is 4.81. The molecule has 1 N–H and O–H groups in total. The summed E-state index contributed by atoms with van der Waals surface area (Å²) >= 11 is 1.77. The SMILES string of the molecule is CNCc1ccc(CC(CSSC)c2nccs2)cc1. The summed E-state index contributed by atoms with van der Waals surface area (Å²) in [4.78, 5) is 4.50. The molecule has 0 aliphatic rings. The quantitative estimate of drug-likeness (QED) is 0.736. The van der Waals surface area contributed by atoms with Crippen molar-refractivity contribution in [1.82, 2.24) is 10.3 Å². The molecule has 0 saturated carbocycles. The lowest BCUT2D eigenvalue weighted by molar-refractivity contribution is 0.761. The third-order valence-corrected chi connectivity index (χ3v) is 5.90. The molecular formula is C15H20N2S3. The van der Waals surface area contributed by atoms with E-state index in [9.17, 15) is 0 Å². The second kappa shape index (κ2) is 8.72. The molecule has 1 heterocycles. The van der Waals surface area contributed by atoms with Gasteiger partial charge in [-0.25, -0.2) is 4.98 Å². The highest BCUT2D eigenvalue weighted by Gasteiger charge is 2.15. The van der Waals surface area contributed by atoms with E-state index < -0.39 is 0 Å². The van der Waals surface area contributed by atoms with Crippen LogP contribution in [-0.4, -0.2) is 24.0 Å². The Kier molecular flexibility index (Phi) is 6.93. The maximum absolute atomic E-state index is 4.50. The summed E-state index contributed by atoms with van der Waals surface area (Å²) in [7, 11) is 5.73. The summed E-state index contributed by atoms with van der Waals surface area (Å²) in [5, 5.41) is 6.51. The van der Waals surface area contributed by atoms with E-state index in [0.29, 0.717) is 5.92 Å². The molecule has 0 aliphatic carbocycles. The largest absolute Gasteiger partial charge is 0.316 e. The highest BCUT2D eigenvalue weighted by Crippen LogP contribution is 2.30. The van der Waals surface area contributed by atoms with Crippen LogP contribution < -0.4 is 5.32 Å². The lowest BCUT2D eigenvalue weighted by Gasteiger charge is -2.14. The molecule has 2 nitrogen and oxygen atoms in total. The maximum atomic E-state index is 4.50. The van der Waals surface area contributed by atoms with Crippen LogP contribution in [0.1, 0.15) is 22.1 Å². The zero-order chi connectivity index (χ0) is 14.2. The number of rotatable bonds is 8. The molecule has 0 spiro atoms. The van der Waals surface area contributed by atoms with Crippen molar-refractivity contribution in [3.63, 3.8) is 0 Å². The van der Waals surface area contributed by atoms with Gasteiger partial charge in [0.15, 0.2) is 0 Å². The van der Waals surface area contributed by atoms with Gasteiger partial charge in [0.2, 0.25) is 0 Å². The van der Waals surface area contributed by atoms with E-state index in [1.165, 1.54) is 16.1 Å². The van der Waals surface area contributed by atoms with Crippen LogP contribution in [0, 0.1) is 0 Å². The van der Waals surface area contributed by atoms with Gasteiger partial charge in [-0.2, -0.15) is 0 Å². The van der Waals surface area contributed by atoms with Crippen LogP contribution in [0.2, 0.25) is 0 Å². The Balaban J connectivity index is 2.03. The Morgan fingerprint density at radius 2 is 2.00 bits per heavy atom. The number of hydrogen-bond acceptors (Lipinski definition) is 5. The number of thiazole rings is 1. The molecule has 108 valence electrons. The van der Waals surface area contributed by atoms with E-state index in [-0.39, 0.29) is 0 Å². The Morgan fingerprint density at radius 1 is 1.25 bits per heavy atom. The molecule has 2 aromatic rings. The second-order valence-corrected chi connectivity index (χ2v) is 8.11. The molecule has 0 amide bonds. The van der Waals surface area contributed by atoms with Crippen LogP contribution in [0.3, 0.4) is 0 Å². The summed E-state index contributed by atoms with van der Waals surface area (Å²) in [6.07, 6.45) is 5.11. The summed E-state index contributed by atoms with van der Waals surface area (Å²) in [5.74, 6) is 1.63. The van der Waals surface area contributed by atoms with Crippen LogP contribution in [0.4, 0.5) is 0 Å². The molecule has 0 aliphatic heterocycles. The molecule has 20 heavy (non-hydrogen) atoms. The predicted molar refractivity (Wildman–Crippen MR) is 93.7 cm³/mol. The average Bonchev–Trinajstić information content (AvgIpc) is 3.00. The fourth-order valence-electron chi connectivity index (χ4n) is 2.09. The number of aromatic nitrogens is 1. The van der Waals surface area contributed by atoms with Crippen molar-refractivity contribution in [2.24, 2.45) is 0 Å². The van der Waals surface area contributed by atoms with Crippen LogP contribution >= 0.6 is 32.9 Å². The minimum Gasteiger partial charge on any atom is -0.316 e. The Bertz CT molecular complexity index is 482. The lowest BCUT2D eigenvalue weighted by Crippen LogP contribution is -2.07. The van der Waals surface area contributed by atoms with Crippen LogP contribution in [0.5, 0.6) is 0 Å². The van der Waals surface area contributed by atoms with Crippen molar-refractivity contribution in [2.45, 2.75) is 18.9 Å². The van der Waals surface area contributed by atoms with Gasteiger partial charge in [0.25, 0.3) is 0 Å². The van der Waals surface area contributed by atoms with Crippen molar-refractivity contribution < 1.29 is 0 Å². The van der Waals surface area contributed by atoms with E-state index >= 15 is 0 Å². The first kappa shape index (κ1) is 15.9. The highest BCUT2D eigenvalue weighted by molar-refractivity contribution is 8.76. The standard InChI is InChI=1S/C15H20N2S3/c1-16-10-13-5-3-12(4-6-13)9-14(11-20-18-2)15-17-7-8-19-15/h3-8,14,16H,9-11H2,1-2H3. The van der Waals surface area contributed by atoms with Crippen molar-refractivity contribution >= 4 is 32.9 Å². The van der Waals surface area contributed by atoms with Crippen LogP contribution in [0.25, 0.3) is 0 Å². The zero-order valence-corrected chi connectivity index (χ0v) is 14.3. The van der Waals surface area contributed by atoms with Gasteiger partial charge < -0.3 is 5.32 Å². The van der Waals surface area contributed by atoms with E-state index in [2.05, 4.69) is 46.2 Å². The van der Waals surface area contributed by atoms with Gasteiger partial charge in [0.05, 0.1) is 5.01 Å². The smallest absolute Gasteiger partial charge is 0.0967 e. The third-order valence-electron chi connectivity index (χ3n) is 3.07. The molecule has 0 saturated heterocycles. The summed E-state index contributed by atoms with van der Waals surface area (Å²) in [6, 6.07) is 8.92. The summed E-state index contributed by atoms with van der Waals surface area (Å²) in [5.41, 5.74) is 2.73. The van der Waals surface area contributed by atoms with Crippen molar-refractivity contribution in [3.05, 3.63) is 52.0 Å². The predicted octanol–water partition coefficient (Wildman–Crippen LogP) is 4.20. The molecule has 5 heteroatoms. The Morgan fingerprint density at radius 3 is 2.60 bits per heavy atom. The molecule has 1 aromatic heterocycles. The Labute approximate surface area is 133 Å². The van der Waals surface area contributed by atoms with Crippen molar-refractivity contribution in [3.8, 4) is 0 Å². The van der Waals surface area contributed by atoms with Gasteiger partial charge in [0.1, 0.15) is 0 Å². The first-order valence-corrected chi connectivity index (χ1v) is 10.2. The minimum absolute atomic E-state index is 0.516. The molecule has 0 bridgehead atoms. The van der Waals surface area contributed by atoms with Crippen LogP contribution in [0.15, 0.2) is 35.8 Å². The molecular weight excluding hydrogens is 304 g/mol. The molecule has 1 aromatic carbocycles. The van der Waals surface area contributed by atoms with E-state index in [1.54, 1.807) is 11.3 Å². The average molecular weight is 325 g/mol. The van der Waals surface area contributed by atoms with Crippen molar-refractivity contribution in [2.75, 3.05) is 19.1 Å². The van der Waals surface area contributed by atoms with E-state index in [1.807, 2.05) is 34.8 Å². The van der Waals surface area contributed by atoms with Gasteiger partial charge in [0, 0.05) is 29.8 Å². The maximum Gasteiger partial charge on any atom is 0.0967 e.